The monoisotopic (exact) mass is 133 g/mol. The molecular weight excluding hydrogens is 122 g/mol. The Bertz CT molecular complexity index is 94.2. The van der Waals surface area contributed by atoms with E-state index in [-0.39, 0.29) is 0 Å². The van der Waals surface area contributed by atoms with E-state index < -0.39 is 12.3 Å². The number of amides is 1. The van der Waals surface area contributed by atoms with Crippen molar-refractivity contribution >= 4 is 6.09 Å². The van der Waals surface area contributed by atoms with E-state index in [1.54, 1.807) is 6.92 Å². The molecule has 1 atom stereocenters. The Labute approximate surface area is 53.8 Å². The van der Waals surface area contributed by atoms with Gasteiger partial charge in [-0.1, -0.05) is 6.92 Å². The van der Waals surface area contributed by atoms with Crippen LogP contribution in [0.5, 0.6) is 0 Å². The largest absolute Gasteiger partial charge is 0.453 e. The van der Waals surface area contributed by atoms with Gasteiger partial charge < -0.3 is 9.84 Å². The van der Waals surface area contributed by atoms with Gasteiger partial charge in [-0.3, -0.25) is 5.32 Å². The highest BCUT2D eigenvalue weighted by Crippen LogP contribution is 1.83. The van der Waals surface area contributed by atoms with E-state index in [2.05, 4.69) is 10.1 Å². The summed E-state index contributed by atoms with van der Waals surface area (Å²) in [5.74, 6) is 0. The predicted molar refractivity (Wildman–Crippen MR) is 31.8 cm³/mol. The molecule has 0 spiro atoms. The Balaban J connectivity index is 3.34. The van der Waals surface area contributed by atoms with Crippen LogP contribution in [-0.2, 0) is 4.74 Å². The minimum atomic E-state index is -0.794. The Morgan fingerprint density at radius 2 is 2.44 bits per heavy atom. The molecule has 0 fully saturated rings. The molecule has 0 heterocycles. The van der Waals surface area contributed by atoms with Crippen molar-refractivity contribution < 1.29 is 14.6 Å². The maximum Gasteiger partial charge on any atom is 0.408 e. The average Bonchev–Trinajstić information content (AvgIpc) is 1.87. The maximum absolute atomic E-state index is 10.3. The van der Waals surface area contributed by atoms with Gasteiger partial charge >= 0.3 is 6.09 Å². The van der Waals surface area contributed by atoms with Crippen LogP contribution in [0.4, 0.5) is 4.79 Å². The molecule has 0 aromatic carbocycles. The fourth-order valence-electron chi connectivity index (χ4n) is 0.297. The third kappa shape index (κ3) is 3.78. The molecule has 4 nitrogen and oxygen atoms in total. The van der Waals surface area contributed by atoms with Crippen LogP contribution >= 0.6 is 0 Å². The molecule has 0 saturated carbocycles. The molecule has 0 aliphatic rings. The first-order valence-electron chi connectivity index (χ1n) is 2.73. The fraction of sp³-hybridized carbons (Fsp3) is 0.800. The number of carbonyl (C=O) groups excluding carboxylic acids is 1. The van der Waals surface area contributed by atoms with Gasteiger partial charge in [0.25, 0.3) is 0 Å². The molecule has 2 N–H and O–H groups in total. The molecular formula is C5H11NO3. The van der Waals surface area contributed by atoms with Gasteiger partial charge in [0, 0.05) is 0 Å². The number of hydrogen-bond donors (Lipinski definition) is 2. The first kappa shape index (κ1) is 8.23. The summed E-state index contributed by atoms with van der Waals surface area (Å²) in [7, 11) is 1.25. The Morgan fingerprint density at radius 3 is 2.78 bits per heavy atom. The molecule has 0 rings (SSSR count). The zero-order valence-corrected chi connectivity index (χ0v) is 5.55. The zero-order valence-electron chi connectivity index (χ0n) is 5.55. The Hall–Kier alpha value is -0.770. The van der Waals surface area contributed by atoms with Crippen LogP contribution in [0.2, 0.25) is 0 Å². The highest BCUT2D eigenvalue weighted by Gasteiger charge is 2.03. The second-order valence-corrected chi connectivity index (χ2v) is 1.56. The number of aliphatic hydroxyl groups excluding tert-OH is 1. The molecule has 9 heavy (non-hydrogen) atoms. The van der Waals surface area contributed by atoms with E-state index >= 15 is 0 Å². The molecule has 0 aromatic heterocycles. The number of nitrogens with one attached hydrogen (secondary N) is 1. The van der Waals surface area contributed by atoms with Crippen molar-refractivity contribution in [1.29, 1.82) is 0 Å². The molecule has 0 saturated heterocycles. The van der Waals surface area contributed by atoms with Crippen LogP contribution in [0.15, 0.2) is 0 Å². The number of ether oxygens (including phenoxy) is 1. The second kappa shape index (κ2) is 4.14. The summed E-state index contributed by atoms with van der Waals surface area (Å²) in [6.07, 6.45) is -0.920. The second-order valence-electron chi connectivity index (χ2n) is 1.56. The predicted octanol–water partition coefficient (Wildman–Crippen LogP) is 0.0708. The molecule has 0 aromatic rings. The first-order chi connectivity index (χ1) is 4.20. The van der Waals surface area contributed by atoms with Crippen LogP contribution < -0.4 is 5.32 Å². The Morgan fingerprint density at radius 1 is 1.89 bits per heavy atom. The average molecular weight is 133 g/mol. The number of methoxy groups -OCH3 is 1. The van der Waals surface area contributed by atoms with Gasteiger partial charge in [-0.2, -0.15) is 0 Å². The fourth-order valence-corrected chi connectivity index (χ4v) is 0.297. The SMILES string of the molecule is CCC(O)NC(=O)OC. The molecule has 1 unspecified atom stereocenters. The highest BCUT2D eigenvalue weighted by atomic mass is 16.5. The number of carbonyl (C=O) groups is 1. The third-order valence-corrected chi connectivity index (χ3v) is 0.857. The molecule has 0 bridgehead atoms. The summed E-state index contributed by atoms with van der Waals surface area (Å²) in [6.45, 7) is 1.75. The van der Waals surface area contributed by atoms with Crippen LogP contribution in [0.1, 0.15) is 13.3 Å². The number of hydrogen-bond acceptors (Lipinski definition) is 3. The zero-order chi connectivity index (χ0) is 7.28. The van der Waals surface area contributed by atoms with Crippen molar-refractivity contribution in [3.8, 4) is 0 Å². The molecule has 4 heteroatoms. The molecule has 0 aliphatic carbocycles. The number of rotatable bonds is 2. The van der Waals surface area contributed by atoms with Crippen LogP contribution in [-0.4, -0.2) is 24.5 Å². The van der Waals surface area contributed by atoms with E-state index in [1.807, 2.05) is 0 Å². The molecule has 54 valence electrons. The Kier molecular flexibility index (Phi) is 3.79. The van der Waals surface area contributed by atoms with Crippen molar-refractivity contribution in [3.63, 3.8) is 0 Å². The summed E-state index contributed by atoms with van der Waals surface area (Å²) < 4.78 is 4.21. The van der Waals surface area contributed by atoms with Gasteiger partial charge in [0.1, 0.15) is 6.23 Å². The quantitative estimate of drug-likeness (QED) is 0.524. The van der Waals surface area contributed by atoms with Gasteiger partial charge in [0.05, 0.1) is 7.11 Å². The van der Waals surface area contributed by atoms with Crippen molar-refractivity contribution in [2.24, 2.45) is 0 Å². The van der Waals surface area contributed by atoms with Crippen molar-refractivity contribution in [2.75, 3.05) is 7.11 Å². The minimum Gasteiger partial charge on any atom is -0.453 e. The lowest BCUT2D eigenvalue weighted by molar-refractivity contribution is 0.108. The lowest BCUT2D eigenvalue weighted by atomic mass is 10.4. The topological polar surface area (TPSA) is 58.6 Å². The van der Waals surface area contributed by atoms with E-state index in [1.165, 1.54) is 7.11 Å². The van der Waals surface area contributed by atoms with Crippen LogP contribution in [0.25, 0.3) is 0 Å². The molecule has 0 radical (unpaired) electrons. The summed E-state index contributed by atoms with van der Waals surface area (Å²) in [5, 5.41) is 10.9. The number of aliphatic hydroxyl groups is 1. The van der Waals surface area contributed by atoms with Gasteiger partial charge in [0.15, 0.2) is 0 Å². The minimum absolute atomic E-state index is 0.481. The summed E-state index contributed by atoms with van der Waals surface area (Å²) >= 11 is 0. The van der Waals surface area contributed by atoms with E-state index in [0.717, 1.165) is 0 Å². The summed E-state index contributed by atoms with van der Waals surface area (Å²) in [4.78, 5) is 10.3. The standard InChI is InChI=1S/C5H11NO3/c1-3-4(7)6-5(8)9-2/h4,7H,3H2,1-2H3,(H,6,8). The normalized spacial score (nSPS) is 12.3. The van der Waals surface area contributed by atoms with E-state index in [0.29, 0.717) is 6.42 Å². The van der Waals surface area contributed by atoms with Crippen molar-refractivity contribution in [2.45, 2.75) is 19.6 Å². The molecule has 1 amide bonds. The lowest BCUT2D eigenvalue weighted by Crippen LogP contribution is -2.33. The van der Waals surface area contributed by atoms with Gasteiger partial charge in [-0.05, 0) is 6.42 Å². The van der Waals surface area contributed by atoms with Gasteiger partial charge in [-0.15, -0.1) is 0 Å². The maximum atomic E-state index is 10.3. The smallest absolute Gasteiger partial charge is 0.408 e. The number of alkyl carbamates (subject to hydrolysis) is 1. The summed E-state index contributed by atoms with van der Waals surface area (Å²) in [5.41, 5.74) is 0. The van der Waals surface area contributed by atoms with Crippen molar-refractivity contribution in [3.05, 3.63) is 0 Å². The lowest BCUT2D eigenvalue weighted by Gasteiger charge is -2.07. The van der Waals surface area contributed by atoms with E-state index in [4.69, 9.17) is 5.11 Å². The van der Waals surface area contributed by atoms with E-state index in [9.17, 15) is 4.79 Å². The van der Waals surface area contributed by atoms with Crippen LogP contribution in [0, 0.1) is 0 Å². The highest BCUT2D eigenvalue weighted by molar-refractivity contribution is 5.66. The van der Waals surface area contributed by atoms with Crippen molar-refractivity contribution in [1.82, 2.24) is 5.32 Å². The summed E-state index contributed by atoms with van der Waals surface area (Å²) in [6, 6.07) is 0. The van der Waals surface area contributed by atoms with Gasteiger partial charge in [0.2, 0.25) is 0 Å². The molecule has 0 aliphatic heterocycles. The van der Waals surface area contributed by atoms with Gasteiger partial charge in [-0.25, -0.2) is 4.79 Å². The third-order valence-electron chi connectivity index (χ3n) is 0.857. The first-order valence-corrected chi connectivity index (χ1v) is 2.73. The van der Waals surface area contributed by atoms with Crippen LogP contribution in [0.3, 0.4) is 0 Å².